The zero-order valence-electron chi connectivity index (χ0n) is 10.5. The van der Waals surface area contributed by atoms with Crippen molar-refractivity contribution in [2.24, 2.45) is 0 Å². The van der Waals surface area contributed by atoms with E-state index < -0.39 is 0 Å². The van der Waals surface area contributed by atoms with Crippen molar-refractivity contribution in [2.45, 2.75) is 45.4 Å². The van der Waals surface area contributed by atoms with Gasteiger partial charge in [-0.2, -0.15) is 0 Å². The highest BCUT2D eigenvalue weighted by Crippen LogP contribution is 2.03. The van der Waals surface area contributed by atoms with Crippen molar-refractivity contribution in [3.05, 3.63) is 12.7 Å². The molecule has 0 bridgehead atoms. The number of rotatable bonds is 11. The van der Waals surface area contributed by atoms with Crippen molar-refractivity contribution in [1.29, 1.82) is 0 Å². The average Bonchev–Trinajstić information content (AvgIpc) is 2.31. The number of nitrogens with one attached hydrogen (secondary N) is 1. The minimum absolute atomic E-state index is 0.346. The molecule has 0 aliphatic heterocycles. The molecule has 16 heavy (non-hydrogen) atoms. The molecule has 0 spiro atoms. The van der Waals surface area contributed by atoms with Crippen molar-refractivity contribution in [1.82, 2.24) is 5.32 Å². The van der Waals surface area contributed by atoms with Gasteiger partial charge in [0.05, 0.1) is 0 Å². The molecule has 3 nitrogen and oxygen atoms in total. The van der Waals surface area contributed by atoms with Crippen LogP contribution in [0.2, 0.25) is 0 Å². The summed E-state index contributed by atoms with van der Waals surface area (Å²) in [6, 6.07) is 0. The standard InChI is InChI=1S/C13H25NO2/c1-3-5-6-7-8-9-10-14-11-12-16-13(15)4-2/h4,14H,2-3,5-12H2,1H3. The molecule has 1 N–H and O–H groups in total. The van der Waals surface area contributed by atoms with Gasteiger partial charge in [-0.25, -0.2) is 4.79 Å². The third kappa shape index (κ3) is 11.2. The zero-order chi connectivity index (χ0) is 12.1. The molecule has 94 valence electrons. The summed E-state index contributed by atoms with van der Waals surface area (Å²) in [4.78, 5) is 10.7. The van der Waals surface area contributed by atoms with E-state index in [4.69, 9.17) is 4.74 Å². The summed E-state index contributed by atoms with van der Waals surface area (Å²) in [6.07, 6.45) is 9.03. The van der Waals surface area contributed by atoms with E-state index in [2.05, 4.69) is 18.8 Å². The monoisotopic (exact) mass is 227 g/mol. The maximum absolute atomic E-state index is 10.7. The van der Waals surface area contributed by atoms with E-state index in [1.807, 2.05) is 0 Å². The van der Waals surface area contributed by atoms with Gasteiger partial charge in [0.25, 0.3) is 0 Å². The lowest BCUT2D eigenvalue weighted by molar-refractivity contribution is -0.137. The lowest BCUT2D eigenvalue weighted by Gasteiger charge is -2.04. The second-order valence-electron chi connectivity index (χ2n) is 3.89. The molecule has 0 fully saturated rings. The van der Waals surface area contributed by atoms with E-state index in [0.29, 0.717) is 6.61 Å². The smallest absolute Gasteiger partial charge is 0.330 e. The number of unbranched alkanes of at least 4 members (excludes halogenated alkanes) is 5. The van der Waals surface area contributed by atoms with E-state index >= 15 is 0 Å². The van der Waals surface area contributed by atoms with Crippen LogP contribution < -0.4 is 5.32 Å². The first-order valence-corrected chi connectivity index (χ1v) is 6.31. The van der Waals surface area contributed by atoms with Crippen LogP contribution in [0.1, 0.15) is 45.4 Å². The Morgan fingerprint density at radius 2 is 1.88 bits per heavy atom. The van der Waals surface area contributed by atoms with Gasteiger partial charge in [0.2, 0.25) is 0 Å². The molecule has 0 atom stereocenters. The third-order valence-corrected chi connectivity index (χ3v) is 2.40. The lowest BCUT2D eigenvalue weighted by Crippen LogP contribution is -2.21. The minimum Gasteiger partial charge on any atom is -0.461 e. The molecule has 0 amide bonds. The third-order valence-electron chi connectivity index (χ3n) is 2.40. The average molecular weight is 227 g/mol. The van der Waals surface area contributed by atoms with Crippen molar-refractivity contribution in [3.8, 4) is 0 Å². The van der Waals surface area contributed by atoms with E-state index in [9.17, 15) is 4.79 Å². The maximum Gasteiger partial charge on any atom is 0.330 e. The first kappa shape index (κ1) is 15.2. The van der Waals surface area contributed by atoms with E-state index in [-0.39, 0.29) is 5.97 Å². The second kappa shape index (κ2) is 12.2. The fraction of sp³-hybridized carbons (Fsp3) is 0.769. The molecule has 0 aliphatic rings. The molecule has 0 aliphatic carbocycles. The van der Waals surface area contributed by atoms with Gasteiger partial charge < -0.3 is 10.1 Å². The highest BCUT2D eigenvalue weighted by molar-refractivity contribution is 5.81. The second-order valence-corrected chi connectivity index (χ2v) is 3.89. The van der Waals surface area contributed by atoms with Gasteiger partial charge in [-0.3, -0.25) is 0 Å². The van der Waals surface area contributed by atoms with E-state index in [1.54, 1.807) is 0 Å². The van der Waals surface area contributed by atoms with Gasteiger partial charge >= 0.3 is 5.97 Å². The van der Waals surface area contributed by atoms with Crippen LogP contribution in [0, 0.1) is 0 Å². The molecule has 0 aromatic carbocycles. The highest BCUT2D eigenvalue weighted by atomic mass is 16.5. The summed E-state index contributed by atoms with van der Waals surface area (Å²) in [5.74, 6) is -0.346. The molecular weight excluding hydrogens is 202 g/mol. The summed E-state index contributed by atoms with van der Waals surface area (Å²) in [5.41, 5.74) is 0. The van der Waals surface area contributed by atoms with Crippen LogP contribution in [0.5, 0.6) is 0 Å². The number of carbonyl (C=O) groups is 1. The van der Waals surface area contributed by atoms with Crippen molar-refractivity contribution >= 4 is 5.97 Å². The predicted molar refractivity (Wildman–Crippen MR) is 67.4 cm³/mol. The normalized spacial score (nSPS) is 10.1. The number of hydrogen-bond donors (Lipinski definition) is 1. The SMILES string of the molecule is C=CC(=O)OCCNCCCCCCCC. The van der Waals surface area contributed by atoms with Gasteiger partial charge in [0.15, 0.2) is 0 Å². The molecule has 0 unspecified atom stereocenters. The van der Waals surface area contributed by atoms with Crippen LogP contribution in [0.4, 0.5) is 0 Å². The maximum atomic E-state index is 10.7. The Morgan fingerprint density at radius 3 is 2.56 bits per heavy atom. The Hall–Kier alpha value is -0.830. The topological polar surface area (TPSA) is 38.3 Å². The van der Waals surface area contributed by atoms with E-state index in [1.165, 1.54) is 44.6 Å². The van der Waals surface area contributed by atoms with Gasteiger partial charge in [0, 0.05) is 12.6 Å². The van der Waals surface area contributed by atoms with Gasteiger partial charge in [0.1, 0.15) is 6.61 Å². The number of carbonyl (C=O) groups excluding carboxylic acids is 1. The van der Waals surface area contributed by atoms with Crippen LogP contribution in [0.3, 0.4) is 0 Å². The summed E-state index contributed by atoms with van der Waals surface area (Å²) in [7, 11) is 0. The fourth-order valence-corrected chi connectivity index (χ4v) is 1.44. The molecule has 0 aromatic rings. The Labute approximate surface area is 99.3 Å². The largest absolute Gasteiger partial charge is 0.461 e. The quantitative estimate of drug-likeness (QED) is 0.335. The van der Waals surface area contributed by atoms with Crippen LogP contribution in [0.25, 0.3) is 0 Å². The van der Waals surface area contributed by atoms with E-state index in [0.717, 1.165) is 13.1 Å². The fourth-order valence-electron chi connectivity index (χ4n) is 1.44. The first-order valence-electron chi connectivity index (χ1n) is 6.31. The molecule has 0 rings (SSSR count). The minimum atomic E-state index is -0.346. The number of ether oxygens (including phenoxy) is 1. The Bertz CT molecular complexity index is 181. The predicted octanol–water partition coefficient (Wildman–Crippen LogP) is 2.67. The molecule has 0 heterocycles. The molecule has 0 radical (unpaired) electrons. The van der Waals surface area contributed by atoms with Crippen molar-refractivity contribution < 1.29 is 9.53 Å². The van der Waals surface area contributed by atoms with Crippen LogP contribution in [-0.4, -0.2) is 25.7 Å². The van der Waals surface area contributed by atoms with Crippen LogP contribution in [0.15, 0.2) is 12.7 Å². The number of esters is 1. The van der Waals surface area contributed by atoms with Crippen molar-refractivity contribution in [3.63, 3.8) is 0 Å². The zero-order valence-corrected chi connectivity index (χ0v) is 10.5. The number of hydrogen-bond acceptors (Lipinski definition) is 3. The Balaban J connectivity index is 2.98. The van der Waals surface area contributed by atoms with Crippen LogP contribution in [-0.2, 0) is 9.53 Å². The first-order chi connectivity index (χ1) is 7.81. The van der Waals surface area contributed by atoms with Crippen LogP contribution >= 0.6 is 0 Å². The summed E-state index contributed by atoms with van der Waals surface area (Å²) in [6.45, 7) is 7.73. The highest BCUT2D eigenvalue weighted by Gasteiger charge is 1.94. The molecule has 3 heteroatoms. The molecular formula is C13H25NO2. The van der Waals surface area contributed by atoms with Gasteiger partial charge in [-0.15, -0.1) is 0 Å². The summed E-state index contributed by atoms with van der Waals surface area (Å²) >= 11 is 0. The molecule has 0 saturated heterocycles. The molecule has 0 aromatic heterocycles. The Morgan fingerprint density at radius 1 is 1.19 bits per heavy atom. The van der Waals surface area contributed by atoms with Gasteiger partial charge in [-0.05, 0) is 13.0 Å². The van der Waals surface area contributed by atoms with Crippen molar-refractivity contribution in [2.75, 3.05) is 19.7 Å². The van der Waals surface area contributed by atoms with Gasteiger partial charge in [-0.1, -0.05) is 45.6 Å². The summed E-state index contributed by atoms with van der Waals surface area (Å²) in [5, 5.41) is 3.24. The Kier molecular flexibility index (Phi) is 11.6. The lowest BCUT2D eigenvalue weighted by atomic mass is 10.1. The summed E-state index contributed by atoms with van der Waals surface area (Å²) < 4.78 is 4.83. The molecule has 0 saturated carbocycles.